The van der Waals surface area contributed by atoms with E-state index < -0.39 is 0 Å². The summed E-state index contributed by atoms with van der Waals surface area (Å²) in [6.45, 7) is 7.02. The summed E-state index contributed by atoms with van der Waals surface area (Å²) in [5.41, 5.74) is 10.9. The number of nitrogens with two attached hydrogens (primary N) is 1. The van der Waals surface area contributed by atoms with Crippen molar-refractivity contribution in [3.63, 3.8) is 0 Å². The van der Waals surface area contributed by atoms with Crippen LogP contribution in [0, 0.1) is 6.92 Å². The highest BCUT2D eigenvalue weighted by atomic mass is 35.5. The van der Waals surface area contributed by atoms with Crippen LogP contribution in [0.4, 0.5) is 11.4 Å². The van der Waals surface area contributed by atoms with E-state index in [0.29, 0.717) is 0 Å². The Labute approximate surface area is 137 Å². The van der Waals surface area contributed by atoms with Crippen LogP contribution in [0.2, 0.25) is 5.02 Å². The lowest BCUT2D eigenvalue weighted by molar-refractivity contribution is 0.806. The predicted octanol–water partition coefficient (Wildman–Crippen LogP) is 4.87. The molecule has 0 bridgehead atoms. The first kappa shape index (κ1) is 16.4. The number of halogens is 1. The van der Waals surface area contributed by atoms with Crippen LogP contribution in [0.3, 0.4) is 0 Å². The summed E-state index contributed by atoms with van der Waals surface area (Å²) in [5.74, 6) is 0. The molecule has 2 aromatic carbocycles. The zero-order valence-corrected chi connectivity index (χ0v) is 14.1. The van der Waals surface area contributed by atoms with Crippen molar-refractivity contribution in [3.05, 3.63) is 58.6 Å². The smallest absolute Gasteiger partial charge is 0.0671 e. The maximum atomic E-state index is 6.08. The Morgan fingerprint density at radius 3 is 2.50 bits per heavy atom. The van der Waals surface area contributed by atoms with Crippen molar-refractivity contribution < 1.29 is 0 Å². The summed E-state index contributed by atoms with van der Waals surface area (Å²) in [6.07, 6.45) is 1.00. The topological polar surface area (TPSA) is 41.6 Å². The van der Waals surface area contributed by atoms with Gasteiger partial charge < -0.3 is 5.73 Å². The van der Waals surface area contributed by atoms with Gasteiger partial charge in [-0.3, -0.25) is 5.01 Å². The summed E-state index contributed by atoms with van der Waals surface area (Å²) in [4.78, 5) is 0. The molecule has 0 aromatic heterocycles. The normalized spacial score (nSPS) is 11.5. The second-order valence-electron chi connectivity index (χ2n) is 5.38. The second kappa shape index (κ2) is 7.32. The van der Waals surface area contributed by atoms with Crippen LogP contribution in [0.15, 0.2) is 47.6 Å². The second-order valence-corrected chi connectivity index (χ2v) is 5.81. The summed E-state index contributed by atoms with van der Waals surface area (Å²) < 4.78 is 0. The number of anilines is 2. The van der Waals surface area contributed by atoms with E-state index in [0.717, 1.165) is 40.6 Å². The highest BCUT2D eigenvalue weighted by Gasteiger charge is 2.08. The van der Waals surface area contributed by atoms with Gasteiger partial charge >= 0.3 is 0 Å². The van der Waals surface area contributed by atoms with Crippen LogP contribution < -0.4 is 10.7 Å². The lowest BCUT2D eigenvalue weighted by Crippen LogP contribution is -2.19. The molecule has 0 unspecified atom stereocenters. The number of benzene rings is 2. The van der Waals surface area contributed by atoms with Gasteiger partial charge in [0.25, 0.3) is 0 Å². The van der Waals surface area contributed by atoms with Crippen molar-refractivity contribution in [2.75, 3.05) is 17.3 Å². The van der Waals surface area contributed by atoms with Crippen molar-refractivity contribution in [1.82, 2.24) is 0 Å². The standard InChI is InChI=1S/C18H22ClN3/c1-4-11-22(16-8-6-15(19)7-9-16)21-14(3)17-12-13(2)5-10-18(17)20/h5-10,12H,4,11,20H2,1-3H3/b21-14+. The number of hydrogen-bond acceptors (Lipinski definition) is 3. The fourth-order valence-corrected chi connectivity index (χ4v) is 2.41. The highest BCUT2D eigenvalue weighted by Crippen LogP contribution is 2.21. The van der Waals surface area contributed by atoms with Gasteiger partial charge in [0, 0.05) is 22.8 Å². The molecule has 0 radical (unpaired) electrons. The van der Waals surface area contributed by atoms with Crippen LogP contribution >= 0.6 is 11.6 Å². The van der Waals surface area contributed by atoms with Crippen LogP contribution in [0.5, 0.6) is 0 Å². The van der Waals surface area contributed by atoms with E-state index in [9.17, 15) is 0 Å². The molecule has 0 fully saturated rings. The van der Waals surface area contributed by atoms with E-state index in [1.807, 2.05) is 48.3 Å². The lowest BCUT2D eigenvalue weighted by Gasteiger charge is -2.20. The molecule has 0 saturated carbocycles. The van der Waals surface area contributed by atoms with E-state index >= 15 is 0 Å². The van der Waals surface area contributed by atoms with E-state index in [1.54, 1.807) is 0 Å². The molecule has 0 atom stereocenters. The van der Waals surface area contributed by atoms with Crippen LogP contribution in [-0.4, -0.2) is 12.3 Å². The molecular weight excluding hydrogens is 294 g/mol. The number of aryl methyl sites for hydroxylation is 1. The molecular formula is C18H22ClN3. The molecule has 2 N–H and O–H groups in total. The van der Waals surface area contributed by atoms with E-state index in [1.165, 1.54) is 5.56 Å². The fraction of sp³-hybridized carbons (Fsp3) is 0.278. The van der Waals surface area contributed by atoms with Crippen molar-refractivity contribution in [1.29, 1.82) is 0 Å². The Hall–Kier alpha value is -2.00. The molecule has 0 spiro atoms. The molecule has 2 rings (SSSR count). The third-order valence-corrected chi connectivity index (χ3v) is 3.68. The number of hydrazone groups is 1. The number of nitrogen functional groups attached to an aromatic ring is 1. The van der Waals surface area contributed by atoms with Gasteiger partial charge in [-0.15, -0.1) is 0 Å². The maximum Gasteiger partial charge on any atom is 0.0671 e. The van der Waals surface area contributed by atoms with Crippen LogP contribution in [0.25, 0.3) is 0 Å². The third-order valence-electron chi connectivity index (χ3n) is 3.43. The van der Waals surface area contributed by atoms with E-state index in [-0.39, 0.29) is 0 Å². The maximum absolute atomic E-state index is 6.08. The Balaban J connectivity index is 2.36. The Morgan fingerprint density at radius 2 is 1.86 bits per heavy atom. The molecule has 0 aliphatic heterocycles. The molecule has 22 heavy (non-hydrogen) atoms. The van der Waals surface area contributed by atoms with Gasteiger partial charge in [-0.25, -0.2) is 0 Å². The quantitative estimate of drug-likeness (QED) is 0.486. The first-order valence-corrected chi connectivity index (χ1v) is 7.84. The molecule has 2 aromatic rings. The SMILES string of the molecule is CCCN(/N=C(\C)c1cc(C)ccc1N)c1ccc(Cl)cc1. The molecule has 116 valence electrons. The van der Waals surface area contributed by atoms with Crippen LogP contribution in [-0.2, 0) is 0 Å². The molecule has 0 heterocycles. The fourth-order valence-electron chi connectivity index (χ4n) is 2.28. The largest absolute Gasteiger partial charge is 0.398 e. The molecule has 4 heteroatoms. The molecule has 0 aliphatic rings. The van der Waals surface area contributed by atoms with Crippen LogP contribution in [0.1, 0.15) is 31.4 Å². The lowest BCUT2D eigenvalue weighted by atomic mass is 10.1. The van der Waals surface area contributed by atoms with Crippen molar-refractivity contribution in [2.45, 2.75) is 27.2 Å². The summed E-state index contributed by atoms with van der Waals surface area (Å²) in [6, 6.07) is 13.7. The predicted molar refractivity (Wildman–Crippen MR) is 96.9 cm³/mol. The first-order chi connectivity index (χ1) is 10.5. The highest BCUT2D eigenvalue weighted by molar-refractivity contribution is 6.30. The van der Waals surface area contributed by atoms with E-state index in [4.69, 9.17) is 22.4 Å². The summed E-state index contributed by atoms with van der Waals surface area (Å²) in [5, 5.41) is 7.48. The van der Waals surface area contributed by atoms with Gasteiger partial charge in [0.05, 0.1) is 11.4 Å². The molecule has 3 nitrogen and oxygen atoms in total. The van der Waals surface area contributed by atoms with Gasteiger partial charge in [0.1, 0.15) is 0 Å². The number of hydrogen-bond donors (Lipinski definition) is 1. The number of nitrogens with zero attached hydrogens (tertiary/aromatic N) is 2. The van der Waals surface area contributed by atoms with Crippen molar-refractivity contribution >= 4 is 28.7 Å². The van der Waals surface area contributed by atoms with Gasteiger partial charge in [-0.05, 0) is 56.7 Å². The minimum Gasteiger partial charge on any atom is -0.398 e. The van der Waals surface area contributed by atoms with Gasteiger partial charge in [-0.1, -0.05) is 30.2 Å². The molecule has 0 amide bonds. The summed E-state index contributed by atoms with van der Waals surface area (Å²) in [7, 11) is 0. The molecule has 0 saturated heterocycles. The zero-order chi connectivity index (χ0) is 16.1. The Bertz CT molecular complexity index is 663. The zero-order valence-electron chi connectivity index (χ0n) is 13.3. The van der Waals surface area contributed by atoms with Gasteiger partial charge in [-0.2, -0.15) is 5.10 Å². The Kier molecular flexibility index (Phi) is 5.45. The Morgan fingerprint density at radius 1 is 1.18 bits per heavy atom. The molecule has 0 aliphatic carbocycles. The van der Waals surface area contributed by atoms with Crippen molar-refractivity contribution in [3.8, 4) is 0 Å². The monoisotopic (exact) mass is 315 g/mol. The van der Waals surface area contributed by atoms with E-state index in [2.05, 4.69) is 19.9 Å². The average molecular weight is 316 g/mol. The average Bonchev–Trinajstić information content (AvgIpc) is 2.50. The summed E-state index contributed by atoms with van der Waals surface area (Å²) >= 11 is 5.96. The minimum absolute atomic E-state index is 0.726. The first-order valence-electron chi connectivity index (χ1n) is 7.46. The minimum atomic E-state index is 0.726. The van der Waals surface area contributed by atoms with Crippen molar-refractivity contribution in [2.24, 2.45) is 5.10 Å². The van der Waals surface area contributed by atoms with Gasteiger partial charge in [0.15, 0.2) is 0 Å². The third kappa shape index (κ3) is 4.01. The van der Waals surface area contributed by atoms with Gasteiger partial charge in [0.2, 0.25) is 0 Å². The number of rotatable bonds is 5.